The van der Waals surface area contributed by atoms with Gasteiger partial charge >= 0.3 is 5.97 Å². The predicted molar refractivity (Wildman–Crippen MR) is 67.3 cm³/mol. The number of alkyl halides is 2. The maximum absolute atomic E-state index is 12.7. The fraction of sp³-hybridized carbons (Fsp3) is 0.429. The van der Waals surface area contributed by atoms with Gasteiger partial charge in [0.15, 0.2) is 6.04 Å². The van der Waals surface area contributed by atoms with E-state index in [9.17, 15) is 23.5 Å². The van der Waals surface area contributed by atoms with E-state index in [4.69, 9.17) is 0 Å². The number of halogens is 2. The molecular weight excluding hydrogens is 268 g/mol. The second kappa shape index (κ2) is 5.56. The minimum atomic E-state index is -2.67. The van der Waals surface area contributed by atoms with Crippen LogP contribution in [0.5, 0.6) is 0 Å². The van der Waals surface area contributed by atoms with Crippen LogP contribution in [-0.4, -0.2) is 27.9 Å². The van der Waals surface area contributed by atoms with Gasteiger partial charge in [0.25, 0.3) is 6.43 Å². The Morgan fingerprint density at radius 1 is 1.30 bits per heavy atom. The van der Waals surface area contributed by atoms with Crippen LogP contribution in [-0.2, 0) is 9.59 Å². The number of hydrogen-bond acceptors (Lipinski definition) is 2. The van der Waals surface area contributed by atoms with Crippen molar-refractivity contribution >= 4 is 11.9 Å². The summed E-state index contributed by atoms with van der Waals surface area (Å²) in [6, 6.07) is 3.92. The highest BCUT2D eigenvalue weighted by molar-refractivity contribution is 5.84. The standard InChI is InChI=1S/C14H15F2NO3/c1-8(18)17(11-5-6-11)12(14(19)20)9-3-2-4-10(7-9)13(15)16/h2-4,7,11-13H,5-6H2,1H3,(H,19,20). The molecule has 2 rings (SSSR count). The summed E-state index contributed by atoms with van der Waals surface area (Å²) in [5, 5.41) is 9.37. The molecule has 0 aromatic heterocycles. The molecule has 0 bridgehead atoms. The van der Waals surface area contributed by atoms with E-state index in [1.807, 2.05) is 0 Å². The summed E-state index contributed by atoms with van der Waals surface area (Å²) in [6.45, 7) is 1.30. The van der Waals surface area contributed by atoms with Crippen molar-refractivity contribution in [2.24, 2.45) is 0 Å². The molecule has 1 N–H and O–H groups in total. The molecule has 1 aromatic carbocycles. The molecule has 0 spiro atoms. The number of nitrogens with zero attached hydrogens (tertiary/aromatic N) is 1. The number of aliphatic carboxylic acids is 1. The van der Waals surface area contributed by atoms with Gasteiger partial charge in [-0.15, -0.1) is 0 Å². The Kier molecular flexibility index (Phi) is 4.01. The molecule has 1 saturated carbocycles. The number of carboxylic acid groups (broad SMARTS) is 1. The number of carbonyl (C=O) groups is 2. The van der Waals surface area contributed by atoms with Crippen LogP contribution in [0.1, 0.15) is 43.4 Å². The molecule has 1 fully saturated rings. The molecule has 1 aliphatic rings. The molecule has 1 aliphatic carbocycles. The Morgan fingerprint density at radius 3 is 2.35 bits per heavy atom. The van der Waals surface area contributed by atoms with E-state index in [2.05, 4.69) is 0 Å². The van der Waals surface area contributed by atoms with E-state index in [-0.39, 0.29) is 23.1 Å². The van der Waals surface area contributed by atoms with Crippen LogP contribution in [0.2, 0.25) is 0 Å². The van der Waals surface area contributed by atoms with Gasteiger partial charge in [-0.05, 0) is 24.5 Å². The van der Waals surface area contributed by atoms with Gasteiger partial charge in [0.05, 0.1) is 0 Å². The van der Waals surface area contributed by atoms with Gasteiger partial charge in [0, 0.05) is 18.5 Å². The third kappa shape index (κ3) is 2.95. The number of hydrogen-bond donors (Lipinski definition) is 1. The van der Waals surface area contributed by atoms with E-state index >= 15 is 0 Å². The van der Waals surface area contributed by atoms with Crippen molar-refractivity contribution in [3.05, 3.63) is 35.4 Å². The first kappa shape index (κ1) is 14.4. The first-order valence-corrected chi connectivity index (χ1v) is 6.31. The van der Waals surface area contributed by atoms with Crippen molar-refractivity contribution in [3.8, 4) is 0 Å². The van der Waals surface area contributed by atoms with Crippen molar-refractivity contribution in [1.29, 1.82) is 0 Å². The fourth-order valence-corrected chi connectivity index (χ4v) is 2.29. The van der Waals surface area contributed by atoms with Crippen LogP contribution >= 0.6 is 0 Å². The van der Waals surface area contributed by atoms with Gasteiger partial charge in [0.2, 0.25) is 5.91 Å². The average Bonchev–Trinajstić information content (AvgIpc) is 3.19. The average molecular weight is 283 g/mol. The summed E-state index contributed by atoms with van der Waals surface area (Å²) in [5.74, 6) is -1.57. The second-order valence-corrected chi connectivity index (χ2v) is 4.87. The first-order chi connectivity index (χ1) is 9.41. The smallest absolute Gasteiger partial charge is 0.331 e. The van der Waals surface area contributed by atoms with E-state index < -0.39 is 18.4 Å². The van der Waals surface area contributed by atoms with E-state index in [0.29, 0.717) is 0 Å². The van der Waals surface area contributed by atoms with Gasteiger partial charge in [0.1, 0.15) is 0 Å². The number of rotatable bonds is 5. The lowest BCUT2D eigenvalue weighted by Gasteiger charge is -2.28. The summed E-state index contributed by atoms with van der Waals surface area (Å²) in [7, 11) is 0. The number of carbonyl (C=O) groups excluding carboxylic acids is 1. The lowest BCUT2D eigenvalue weighted by molar-refractivity contribution is -0.150. The molecule has 1 unspecified atom stereocenters. The van der Waals surface area contributed by atoms with Gasteiger partial charge in [-0.25, -0.2) is 13.6 Å². The third-order valence-corrected chi connectivity index (χ3v) is 3.29. The van der Waals surface area contributed by atoms with Crippen molar-refractivity contribution in [3.63, 3.8) is 0 Å². The normalized spacial score (nSPS) is 16.0. The molecule has 20 heavy (non-hydrogen) atoms. The topological polar surface area (TPSA) is 57.6 Å². The fourth-order valence-electron chi connectivity index (χ4n) is 2.29. The van der Waals surface area contributed by atoms with Gasteiger partial charge < -0.3 is 10.0 Å². The van der Waals surface area contributed by atoms with Gasteiger partial charge in [-0.1, -0.05) is 18.2 Å². The quantitative estimate of drug-likeness (QED) is 0.904. The van der Waals surface area contributed by atoms with Crippen LogP contribution in [0.4, 0.5) is 8.78 Å². The molecule has 6 heteroatoms. The van der Waals surface area contributed by atoms with Crippen LogP contribution in [0.15, 0.2) is 24.3 Å². The van der Waals surface area contributed by atoms with Crippen LogP contribution in [0.25, 0.3) is 0 Å². The van der Waals surface area contributed by atoms with Gasteiger partial charge in [-0.2, -0.15) is 0 Å². The Bertz CT molecular complexity index is 529. The third-order valence-electron chi connectivity index (χ3n) is 3.29. The Morgan fingerprint density at radius 2 is 1.90 bits per heavy atom. The summed E-state index contributed by atoms with van der Waals surface area (Å²) in [5.41, 5.74) is -0.0366. The molecule has 1 aromatic rings. The van der Waals surface area contributed by atoms with Crippen LogP contribution < -0.4 is 0 Å². The Balaban J connectivity index is 2.39. The zero-order valence-electron chi connectivity index (χ0n) is 10.9. The van der Waals surface area contributed by atoms with Crippen molar-refractivity contribution in [2.75, 3.05) is 0 Å². The Labute approximate surface area is 115 Å². The molecule has 108 valence electrons. The molecule has 0 radical (unpaired) electrons. The SMILES string of the molecule is CC(=O)N(C1CC1)C(C(=O)O)c1cccc(C(F)F)c1. The number of amides is 1. The van der Waals surface area contributed by atoms with Crippen molar-refractivity contribution in [1.82, 2.24) is 4.90 Å². The minimum absolute atomic E-state index is 0.108. The molecule has 4 nitrogen and oxygen atoms in total. The number of carboxylic acids is 1. The second-order valence-electron chi connectivity index (χ2n) is 4.87. The number of benzene rings is 1. The summed E-state index contributed by atoms with van der Waals surface area (Å²) in [6.07, 6.45) is -1.17. The highest BCUT2D eigenvalue weighted by atomic mass is 19.3. The van der Waals surface area contributed by atoms with E-state index in [0.717, 1.165) is 18.9 Å². The van der Waals surface area contributed by atoms with Gasteiger partial charge in [-0.3, -0.25) is 4.79 Å². The largest absolute Gasteiger partial charge is 0.479 e. The summed E-state index contributed by atoms with van der Waals surface area (Å²) >= 11 is 0. The maximum atomic E-state index is 12.7. The van der Waals surface area contributed by atoms with Crippen LogP contribution in [0, 0.1) is 0 Å². The minimum Gasteiger partial charge on any atom is -0.479 e. The Hall–Kier alpha value is -1.98. The van der Waals surface area contributed by atoms with Crippen molar-refractivity contribution < 1.29 is 23.5 Å². The molecule has 0 heterocycles. The lowest BCUT2D eigenvalue weighted by Crippen LogP contribution is -2.39. The van der Waals surface area contributed by atoms with Crippen LogP contribution in [0.3, 0.4) is 0 Å². The highest BCUT2D eigenvalue weighted by Crippen LogP contribution is 2.35. The molecular formula is C14H15F2NO3. The summed E-state index contributed by atoms with van der Waals surface area (Å²) < 4.78 is 25.4. The first-order valence-electron chi connectivity index (χ1n) is 6.31. The molecule has 0 saturated heterocycles. The zero-order chi connectivity index (χ0) is 14.9. The molecule has 1 amide bonds. The van der Waals surface area contributed by atoms with Crippen molar-refractivity contribution in [2.45, 2.75) is 38.3 Å². The molecule has 0 aliphatic heterocycles. The zero-order valence-corrected chi connectivity index (χ0v) is 10.9. The summed E-state index contributed by atoms with van der Waals surface area (Å²) in [4.78, 5) is 24.4. The maximum Gasteiger partial charge on any atom is 0.331 e. The monoisotopic (exact) mass is 283 g/mol. The molecule has 1 atom stereocenters. The van der Waals surface area contributed by atoms with E-state index in [1.54, 1.807) is 0 Å². The lowest BCUT2D eigenvalue weighted by atomic mass is 10.0. The van der Waals surface area contributed by atoms with E-state index in [1.165, 1.54) is 30.0 Å². The predicted octanol–water partition coefficient (Wildman–Crippen LogP) is 2.76. The highest BCUT2D eigenvalue weighted by Gasteiger charge is 2.40.